The highest BCUT2D eigenvalue weighted by molar-refractivity contribution is 4.85. The van der Waals surface area contributed by atoms with E-state index in [1.165, 1.54) is 6.42 Å². The summed E-state index contributed by atoms with van der Waals surface area (Å²) in [6, 6.07) is 0. The summed E-state index contributed by atoms with van der Waals surface area (Å²) in [5.41, 5.74) is 0. The van der Waals surface area contributed by atoms with E-state index in [1.807, 2.05) is 0 Å². The molecular formula is C8H12O2. The Hall–Kier alpha value is -0.680. The van der Waals surface area contributed by atoms with Gasteiger partial charge in [0.2, 0.25) is 6.29 Å². The van der Waals surface area contributed by atoms with Crippen LogP contribution >= 0.6 is 0 Å². The van der Waals surface area contributed by atoms with E-state index in [2.05, 4.69) is 12.0 Å². The van der Waals surface area contributed by atoms with Crippen molar-refractivity contribution >= 4 is 0 Å². The van der Waals surface area contributed by atoms with Gasteiger partial charge in [-0.05, 0) is 12.8 Å². The van der Waals surface area contributed by atoms with Crippen LogP contribution in [0.15, 0.2) is 0 Å². The van der Waals surface area contributed by atoms with Crippen molar-refractivity contribution in [2.75, 3.05) is 6.61 Å². The minimum atomic E-state index is -0.0683. The molecule has 1 aliphatic heterocycles. The van der Waals surface area contributed by atoms with E-state index in [-0.39, 0.29) is 6.29 Å². The first-order valence-corrected chi connectivity index (χ1v) is 3.62. The lowest BCUT2D eigenvalue weighted by Crippen LogP contribution is -2.20. The Labute approximate surface area is 61.5 Å². The summed E-state index contributed by atoms with van der Waals surface area (Å²) in [5, 5.41) is 0. The summed E-state index contributed by atoms with van der Waals surface area (Å²) < 4.78 is 10.3. The highest BCUT2D eigenvalue weighted by Crippen LogP contribution is 2.12. The molecule has 1 unspecified atom stereocenters. The molecule has 0 aromatic heterocycles. The molecule has 0 spiro atoms. The summed E-state index contributed by atoms with van der Waals surface area (Å²) in [7, 11) is 0. The molecule has 56 valence electrons. The van der Waals surface area contributed by atoms with Crippen molar-refractivity contribution in [2.24, 2.45) is 0 Å². The molecule has 0 aliphatic carbocycles. The van der Waals surface area contributed by atoms with Crippen molar-refractivity contribution in [3.8, 4) is 12.0 Å². The van der Waals surface area contributed by atoms with Crippen LogP contribution in [0.2, 0.25) is 0 Å². The Balaban J connectivity index is 2.17. The SMILES string of the molecule is CC#COC1CCCCO1. The fraction of sp³-hybridized carbons (Fsp3) is 0.750. The topological polar surface area (TPSA) is 18.5 Å². The van der Waals surface area contributed by atoms with Crippen molar-refractivity contribution in [3.63, 3.8) is 0 Å². The molecule has 0 N–H and O–H groups in total. The molecular weight excluding hydrogens is 128 g/mol. The molecule has 0 radical (unpaired) electrons. The van der Waals surface area contributed by atoms with Crippen LogP contribution in [0.5, 0.6) is 0 Å². The molecule has 1 fully saturated rings. The van der Waals surface area contributed by atoms with Crippen molar-refractivity contribution in [2.45, 2.75) is 32.5 Å². The molecule has 2 heteroatoms. The van der Waals surface area contributed by atoms with Crippen LogP contribution in [0.3, 0.4) is 0 Å². The quantitative estimate of drug-likeness (QED) is 0.514. The van der Waals surface area contributed by atoms with Crippen LogP contribution in [0.25, 0.3) is 0 Å². The van der Waals surface area contributed by atoms with Crippen molar-refractivity contribution in [1.29, 1.82) is 0 Å². The predicted molar refractivity (Wildman–Crippen MR) is 38.1 cm³/mol. The maximum Gasteiger partial charge on any atom is 0.210 e. The second-order valence-corrected chi connectivity index (χ2v) is 2.27. The van der Waals surface area contributed by atoms with Crippen LogP contribution in [0, 0.1) is 12.0 Å². The standard InChI is InChI=1S/C8H12O2/c1-2-6-9-8-5-3-4-7-10-8/h8H,3-5,7H2,1H3. The first-order chi connectivity index (χ1) is 4.93. The van der Waals surface area contributed by atoms with E-state index >= 15 is 0 Å². The maximum absolute atomic E-state index is 5.26. The van der Waals surface area contributed by atoms with E-state index in [0.29, 0.717) is 0 Å². The third-order valence-electron chi connectivity index (χ3n) is 1.43. The summed E-state index contributed by atoms with van der Waals surface area (Å²) in [5.74, 6) is 2.66. The monoisotopic (exact) mass is 140 g/mol. The molecule has 10 heavy (non-hydrogen) atoms. The summed E-state index contributed by atoms with van der Waals surface area (Å²) in [4.78, 5) is 0. The van der Waals surface area contributed by atoms with Crippen LogP contribution in [-0.4, -0.2) is 12.9 Å². The fourth-order valence-electron chi connectivity index (χ4n) is 0.929. The minimum Gasteiger partial charge on any atom is -0.414 e. The highest BCUT2D eigenvalue weighted by atomic mass is 16.7. The number of rotatable bonds is 1. The molecule has 1 saturated heterocycles. The summed E-state index contributed by atoms with van der Waals surface area (Å²) in [6.45, 7) is 2.57. The van der Waals surface area contributed by atoms with Crippen molar-refractivity contribution in [3.05, 3.63) is 0 Å². The van der Waals surface area contributed by atoms with Gasteiger partial charge in [-0.25, -0.2) is 0 Å². The molecule has 0 bridgehead atoms. The zero-order valence-corrected chi connectivity index (χ0v) is 6.22. The van der Waals surface area contributed by atoms with E-state index in [0.717, 1.165) is 19.4 Å². The number of hydrogen-bond donors (Lipinski definition) is 0. The highest BCUT2D eigenvalue weighted by Gasteiger charge is 2.12. The fourth-order valence-corrected chi connectivity index (χ4v) is 0.929. The Morgan fingerprint density at radius 3 is 3.00 bits per heavy atom. The average Bonchev–Trinajstić information content (AvgIpc) is 2.03. The first kappa shape index (κ1) is 7.43. The average molecular weight is 140 g/mol. The Bertz CT molecular complexity index is 137. The van der Waals surface area contributed by atoms with Crippen LogP contribution in [0.1, 0.15) is 26.2 Å². The van der Waals surface area contributed by atoms with Gasteiger partial charge in [0, 0.05) is 13.3 Å². The zero-order chi connectivity index (χ0) is 7.23. The van der Waals surface area contributed by atoms with Gasteiger partial charge in [-0.2, -0.15) is 0 Å². The number of hydrogen-bond acceptors (Lipinski definition) is 2. The number of ether oxygens (including phenoxy) is 2. The summed E-state index contributed by atoms with van der Waals surface area (Å²) in [6.07, 6.45) is 5.80. The molecule has 1 heterocycles. The molecule has 1 aliphatic rings. The second-order valence-electron chi connectivity index (χ2n) is 2.27. The van der Waals surface area contributed by atoms with E-state index in [9.17, 15) is 0 Å². The lowest BCUT2D eigenvalue weighted by Gasteiger charge is -2.19. The van der Waals surface area contributed by atoms with Gasteiger partial charge < -0.3 is 9.47 Å². The maximum atomic E-state index is 5.26. The van der Waals surface area contributed by atoms with Crippen LogP contribution in [0.4, 0.5) is 0 Å². The van der Waals surface area contributed by atoms with Crippen molar-refractivity contribution < 1.29 is 9.47 Å². The smallest absolute Gasteiger partial charge is 0.210 e. The van der Waals surface area contributed by atoms with Crippen LogP contribution in [-0.2, 0) is 9.47 Å². The zero-order valence-electron chi connectivity index (χ0n) is 6.22. The second kappa shape index (κ2) is 4.19. The van der Waals surface area contributed by atoms with Gasteiger partial charge in [0.15, 0.2) is 0 Å². The van der Waals surface area contributed by atoms with Crippen LogP contribution < -0.4 is 0 Å². The minimum absolute atomic E-state index is 0.0683. The van der Waals surface area contributed by atoms with E-state index < -0.39 is 0 Å². The normalized spacial score (nSPS) is 24.7. The molecule has 0 saturated carbocycles. The molecule has 1 rings (SSSR count). The largest absolute Gasteiger partial charge is 0.414 e. The molecule has 0 aromatic carbocycles. The summed E-state index contributed by atoms with van der Waals surface area (Å²) >= 11 is 0. The van der Waals surface area contributed by atoms with E-state index in [1.54, 1.807) is 6.92 Å². The van der Waals surface area contributed by atoms with Crippen molar-refractivity contribution in [1.82, 2.24) is 0 Å². The Kier molecular flexibility index (Phi) is 3.11. The third-order valence-corrected chi connectivity index (χ3v) is 1.43. The lowest BCUT2D eigenvalue weighted by molar-refractivity contribution is -0.121. The van der Waals surface area contributed by atoms with Gasteiger partial charge in [0.05, 0.1) is 6.61 Å². The first-order valence-electron chi connectivity index (χ1n) is 3.62. The van der Waals surface area contributed by atoms with E-state index in [4.69, 9.17) is 9.47 Å². The molecule has 0 amide bonds. The Morgan fingerprint density at radius 1 is 1.50 bits per heavy atom. The van der Waals surface area contributed by atoms with Gasteiger partial charge in [0.25, 0.3) is 0 Å². The van der Waals surface area contributed by atoms with Gasteiger partial charge >= 0.3 is 0 Å². The van der Waals surface area contributed by atoms with Gasteiger partial charge in [-0.15, -0.1) is 0 Å². The lowest BCUT2D eigenvalue weighted by atomic mass is 10.2. The predicted octanol–water partition coefficient (Wildman–Crippen LogP) is 1.51. The Morgan fingerprint density at radius 2 is 2.40 bits per heavy atom. The molecule has 0 aromatic rings. The molecule has 1 atom stereocenters. The van der Waals surface area contributed by atoms with Gasteiger partial charge in [-0.1, -0.05) is 5.92 Å². The van der Waals surface area contributed by atoms with Gasteiger partial charge in [-0.3, -0.25) is 0 Å². The van der Waals surface area contributed by atoms with Gasteiger partial charge in [0.1, 0.15) is 6.11 Å². The molecule has 2 nitrogen and oxygen atoms in total. The third kappa shape index (κ3) is 2.28.